The number of hydrogen-bond acceptors (Lipinski definition) is 8. The molecule has 10 heteroatoms. The quantitative estimate of drug-likeness (QED) is 0.103. The van der Waals surface area contributed by atoms with E-state index < -0.39 is 26.8 Å². The molecule has 2 atom stereocenters. The van der Waals surface area contributed by atoms with E-state index in [2.05, 4.69) is 34.9 Å². The summed E-state index contributed by atoms with van der Waals surface area (Å²) in [6, 6.07) is 35.3. The van der Waals surface area contributed by atoms with Crippen molar-refractivity contribution >= 4 is 26.6 Å². The van der Waals surface area contributed by atoms with Crippen molar-refractivity contribution in [3.8, 4) is 0 Å². The number of anilines is 2. The van der Waals surface area contributed by atoms with Gasteiger partial charge in [0, 0.05) is 11.4 Å². The van der Waals surface area contributed by atoms with E-state index in [0.29, 0.717) is 0 Å². The number of benzene rings is 4. The van der Waals surface area contributed by atoms with Crippen molar-refractivity contribution in [2.45, 2.75) is 45.7 Å². The van der Waals surface area contributed by atoms with Crippen LogP contribution in [0.2, 0.25) is 0 Å². The highest BCUT2D eigenvalue weighted by Crippen LogP contribution is 2.61. The molecule has 8 nitrogen and oxygen atoms in total. The molecule has 2 N–H and O–H groups in total. The summed E-state index contributed by atoms with van der Waals surface area (Å²) < 4.78 is 50.4. The third-order valence-corrected chi connectivity index (χ3v) is 11.6. The lowest BCUT2D eigenvalue weighted by Gasteiger charge is -2.28. The van der Waals surface area contributed by atoms with E-state index in [-0.39, 0.29) is 26.4 Å². The normalized spacial score (nSPS) is 13.2. The minimum Gasteiger partial charge on any atom is -0.368 e. The lowest BCUT2D eigenvalue weighted by atomic mass is 10.0. The van der Waals surface area contributed by atoms with Gasteiger partial charge in [0.2, 0.25) is 0 Å². The molecule has 0 fully saturated rings. The largest absolute Gasteiger partial charge is 0.368 e. The van der Waals surface area contributed by atoms with Gasteiger partial charge in [0.1, 0.15) is 0 Å². The van der Waals surface area contributed by atoms with Crippen LogP contribution >= 0.6 is 15.2 Å². The molecule has 0 aliphatic rings. The van der Waals surface area contributed by atoms with Gasteiger partial charge in [-0.25, -0.2) is 0 Å². The number of rotatable bonds is 18. The average molecular weight is 651 g/mol. The Morgan fingerprint density at radius 1 is 0.489 bits per heavy atom. The molecule has 4 aromatic carbocycles. The molecule has 0 heterocycles. The van der Waals surface area contributed by atoms with E-state index in [9.17, 15) is 9.13 Å². The Kier molecular flexibility index (Phi) is 13.0. The molecular weight excluding hydrogens is 606 g/mol. The van der Waals surface area contributed by atoms with Gasteiger partial charge in [0.15, 0.2) is 11.6 Å². The van der Waals surface area contributed by atoms with Crippen molar-refractivity contribution in [1.29, 1.82) is 0 Å². The Balaban J connectivity index is 1.48. The summed E-state index contributed by atoms with van der Waals surface area (Å²) >= 11 is 0. The first-order chi connectivity index (χ1) is 21.8. The number of nitrogens with one attached hydrogen (secondary N) is 2. The van der Waals surface area contributed by atoms with Gasteiger partial charge in [-0.2, -0.15) is 0 Å². The van der Waals surface area contributed by atoms with Crippen molar-refractivity contribution in [2.24, 2.45) is 0 Å². The van der Waals surface area contributed by atoms with Gasteiger partial charge in [-0.1, -0.05) is 84.9 Å². The van der Waals surface area contributed by atoms with Crippen molar-refractivity contribution in [2.75, 3.05) is 37.1 Å². The van der Waals surface area contributed by atoms with E-state index in [4.69, 9.17) is 18.1 Å². The molecule has 0 saturated heterocycles. The molecule has 0 aliphatic heterocycles. The molecule has 2 unspecified atom stereocenters. The Morgan fingerprint density at radius 2 is 0.800 bits per heavy atom. The van der Waals surface area contributed by atoms with E-state index >= 15 is 0 Å². The minimum absolute atomic E-state index is 0.279. The lowest BCUT2D eigenvalue weighted by molar-refractivity contribution is 0.213. The van der Waals surface area contributed by atoms with Gasteiger partial charge in [-0.05, 0) is 80.6 Å². The molecule has 4 aromatic rings. The Hall–Kier alpha value is -3.22. The summed E-state index contributed by atoms with van der Waals surface area (Å²) in [5, 5.41) is 6.80. The summed E-state index contributed by atoms with van der Waals surface area (Å²) in [6.07, 6.45) is 0.720. The van der Waals surface area contributed by atoms with Crippen molar-refractivity contribution in [3.63, 3.8) is 0 Å². The maximum atomic E-state index is 13.8. The highest BCUT2D eigenvalue weighted by atomic mass is 31.2. The molecule has 0 amide bonds. The van der Waals surface area contributed by atoms with Crippen molar-refractivity contribution in [3.05, 3.63) is 131 Å². The molecular formula is C35H44N2O6P2. The van der Waals surface area contributed by atoms with Crippen molar-refractivity contribution in [1.82, 2.24) is 0 Å². The molecule has 0 radical (unpaired) electrons. The zero-order valence-corrected chi connectivity index (χ0v) is 28.2. The molecule has 240 valence electrons. The van der Waals surface area contributed by atoms with E-state index in [1.54, 1.807) is 0 Å². The SMILES string of the molecule is CCOP(=O)(OCC)C(Nc1ccc(Cc2ccc(NC(c3ccccc3)P(=O)(OCC)OCC)cc2)cc1)c1ccccc1. The fourth-order valence-corrected chi connectivity index (χ4v) is 8.92. The van der Waals surface area contributed by atoms with Crippen LogP contribution in [0.15, 0.2) is 109 Å². The smallest absolute Gasteiger partial charge is 0.357 e. The predicted molar refractivity (Wildman–Crippen MR) is 183 cm³/mol. The van der Waals surface area contributed by atoms with Gasteiger partial charge >= 0.3 is 15.2 Å². The summed E-state index contributed by atoms with van der Waals surface area (Å²) in [4.78, 5) is 0. The topological polar surface area (TPSA) is 95.1 Å². The van der Waals surface area contributed by atoms with Gasteiger partial charge < -0.3 is 28.7 Å². The zero-order chi connectivity index (χ0) is 32.1. The van der Waals surface area contributed by atoms with E-state index in [1.165, 1.54) is 0 Å². The second-order valence-electron chi connectivity index (χ2n) is 10.2. The second kappa shape index (κ2) is 16.9. The monoisotopic (exact) mass is 650 g/mol. The van der Waals surface area contributed by atoms with Crippen molar-refractivity contribution < 1.29 is 27.2 Å². The highest BCUT2D eigenvalue weighted by Gasteiger charge is 2.38. The highest BCUT2D eigenvalue weighted by molar-refractivity contribution is 7.54. The van der Waals surface area contributed by atoms with Crippen LogP contribution in [0.5, 0.6) is 0 Å². The third-order valence-electron chi connectivity index (χ3n) is 7.02. The van der Waals surface area contributed by atoms with Gasteiger partial charge in [0.25, 0.3) is 0 Å². The maximum Gasteiger partial charge on any atom is 0.357 e. The molecule has 0 bridgehead atoms. The first kappa shape index (κ1) is 34.6. The van der Waals surface area contributed by atoms with Gasteiger partial charge in [-0.3, -0.25) is 9.13 Å². The summed E-state index contributed by atoms with van der Waals surface area (Å²) in [6.45, 7) is 8.36. The number of hydrogen-bond donors (Lipinski definition) is 2. The zero-order valence-electron chi connectivity index (χ0n) is 26.4. The molecule has 0 spiro atoms. The van der Waals surface area contributed by atoms with Gasteiger partial charge in [-0.15, -0.1) is 0 Å². The molecule has 4 rings (SSSR count). The average Bonchev–Trinajstić information content (AvgIpc) is 3.05. The van der Waals surface area contributed by atoms with Crippen LogP contribution < -0.4 is 10.6 Å². The van der Waals surface area contributed by atoms with Crippen LogP contribution in [0.3, 0.4) is 0 Å². The molecule has 0 saturated carbocycles. The minimum atomic E-state index is -3.49. The first-order valence-electron chi connectivity index (χ1n) is 15.4. The van der Waals surface area contributed by atoms with Crippen LogP contribution in [-0.4, -0.2) is 26.4 Å². The Bertz CT molecular complexity index is 1400. The summed E-state index contributed by atoms with van der Waals surface area (Å²) in [5.41, 5.74) is 5.52. The molecule has 0 aliphatic carbocycles. The van der Waals surface area contributed by atoms with E-state index in [0.717, 1.165) is 40.0 Å². The second-order valence-corrected chi connectivity index (χ2v) is 14.5. The van der Waals surface area contributed by atoms with E-state index in [1.807, 2.05) is 113 Å². The predicted octanol–water partition coefficient (Wildman–Crippen LogP) is 10.0. The molecule has 0 aromatic heterocycles. The van der Waals surface area contributed by atoms with Crippen LogP contribution in [0, 0.1) is 0 Å². The fraction of sp³-hybridized carbons (Fsp3) is 0.314. The first-order valence-corrected chi connectivity index (χ1v) is 18.6. The third kappa shape index (κ3) is 9.40. The maximum absolute atomic E-state index is 13.8. The van der Waals surface area contributed by atoms with Crippen LogP contribution in [0.25, 0.3) is 0 Å². The lowest BCUT2D eigenvalue weighted by Crippen LogP contribution is -2.15. The Morgan fingerprint density at radius 3 is 1.09 bits per heavy atom. The van der Waals surface area contributed by atoms with Gasteiger partial charge in [0.05, 0.1) is 26.4 Å². The van der Waals surface area contributed by atoms with Crippen LogP contribution in [-0.2, 0) is 33.6 Å². The summed E-state index contributed by atoms with van der Waals surface area (Å²) in [5.74, 6) is -1.30. The summed E-state index contributed by atoms with van der Waals surface area (Å²) in [7, 11) is -6.97. The van der Waals surface area contributed by atoms with Crippen LogP contribution in [0.1, 0.15) is 61.5 Å². The molecule has 45 heavy (non-hydrogen) atoms. The fourth-order valence-electron chi connectivity index (χ4n) is 5.04. The Labute approximate surface area is 267 Å². The van der Waals surface area contributed by atoms with Crippen LogP contribution in [0.4, 0.5) is 11.4 Å². The standard InChI is InChI=1S/C35H44N2O6P2/c1-5-40-44(38,41-6-2)34(30-15-11-9-12-16-30)36-32-23-19-28(20-24-32)27-29-21-25-33(26-22-29)37-35(31-17-13-10-14-18-31)45(39,42-7-3)43-8-4/h9-26,34-37H,5-8,27H2,1-4H3.